The number of imidazole rings is 1. The van der Waals surface area contributed by atoms with Gasteiger partial charge in [0.05, 0.1) is 34.6 Å². The Bertz CT molecular complexity index is 1120. The molecule has 0 aliphatic carbocycles. The van der Waals surface area contributed by atoms with Crippen LogP contribution in [-0.2, 0) is 22.7 Å². The SMILES string of the molecule is CCn1c(C(C)NS(=O)(=O)c2ccc(OC)cc2)nc2ccc(C(F)(F)F)cc21. The number of aryl methyl sites for hydroxylation is 1. The topological polar surface area (TPSA) is 73.2 Å². The number of alkyl halides is 3. The minimum Gasteiger partial charge on any atom is -0.497 e. The van der Waals surface area contributed by atoms with E-state index in [1.165, 1.54) is 37.4 Å². The number of ether oxygens (including phenoxy) is 1. The van der Waals surface area contributed by atoms with Gasteiger partial charge in [0.15, 0.2) is 0 Å². The predicted molar refractivity (Wildman–Crippen MR) is 102 cm³/mol. The summed E-state index contributed by atoms with van der Waals surface area (Å²) in [5, 5.41) is 0. The molecule has 0 bridgehead atoms. The van der Waals surface area contributed by atoms with Crippen LogP contribution in [-0.4, -0.2) is 25.1 Å². The number of methoxy groups -OCH3 is 1. The Kier molecular flexibility index (Phi) is 5.59. The number of hydrogen-bond acceptors (Lipinski definition) is 4. The van der Waals surface area contributed by atoms with Gasteiger partial charge in [0, 0.05) is 6.54 Å². The molecule has 0 amide bonds. The van der Waals surface area contributed by atoms with Gasteiger partial charge in [0.2, 0.25) is 10.0 Å². The van der Waals surface area contributed by atoms with Gasteiger partial charge >= 0.3 is 6.18 Å². The van der Waals surface area contributed by atoms with Gasteiger partial charge in [-0.05, 0) is 56.3 Å². The van der Waals surface area contributed by atoms with E-state index in [0.29, 0.717) is 29.2 Å². The van der Waals surface area contributed by atoms with E-state index in [1.54, 1.807) is 18.4 Å². The predicted octanol–water partition coefficient (Wildman–Crippen LogP) is 4.12. The van der Waals surface area contributed by atoms with Crippen LogP contribution in [0, 0.1) is 0 Å². The number of aromatic nitrogens is 2. The number of fused-ring (bicyclic) bond motifs is 1. The van der Waals surface area contributed by atoms with E-state index in [0.717, 1.165) is 12.1 Å². The molecule has 3 aromatic rings. The molecule has 156 valence electrons. The van der Waals surface area contributed by atoms with Gasteiger partial charge in [-0.1, -0.05) is 0 Å². The van der Waals surface area contributed by atoms with Gasteiger partial charge in [-0.15, -0.1) is 0 Å². The lowest BCUT2D eigenvalue weighted by molar-refractivity contribution is -0.137. The number of benzene rings is 2. The summed E-state index contributed by atoms with van der Waals surface area (Å²) in [7, 11) is -2.39. The number of nitrogens with zero attached hydrogens (tertiary/aromatic N) is 2. The van der Waals surface area contributed by atoms with Crippen LogP contribution in [0.25, 0.3) is 11.0 Å². The second-order valence-corrected chi connectivity index (χ2v) is 8.15. The Morgan fingerprint density at radius 1 is 1.17 bits per heavy atom. The molecule has 0 radical (unpaired) electrons. The van der Waals surface area contributed by atoms with E-state index in [2.05, 4.69) is 9.71 Å². The first-order valence-electron chi connectivity index (χ1n) is 8.80. The minimum atomic E-state index is -4.47. The highest BCUT2D eigenvalue weighted by Crippen LogP contribution is 2.32. The lowest BCUT2D eigenvalue weighted by Crippen LogP contribution is -2.28. The van der Waals surface area contributed by atoms with Crippen LogP contribution >= 0.6 is 0 Å². The quantitative estimate of drug-likeness (QED) is 0.642. The fourth-order valence-electron chi connectivity index (χ4n) is 3.09. The van der Waals surface area contributed by atoms with Gasteiger partial charge in [0.1, 0.15) is 11.6 Å². The summed E-state index contributed by atoms with van der Waals surface area (Å²) >= 11 is 0. The molecule has 6 nitrogen and oxygen atoms in total. The first kappa shape index (κ1) is 21.1. The van der Waals surface area contributed by atoms with Crippen molar-refractivity contribution >= 4 is 21.1 Å². The van der Waals surface area contributed by atoms with Crippen LogP contribution in [0.15, 0.2) is 47.4 Å². The lowest BCUT2D eigenvalue weighted by Gasteiger charge is -2.16. The molecule has 0 saturated carbocycles. The molecule has 1 atom stereocenters. The van der Waals surface area contributed by atoms with Crippen molar-refractivity contribution in [2.24, 2.45) is 0 Å². The first-order chi connectivity index (χ1) is 13.6. The third kappa shape index (κ3) is 4.23. The molecule has 0 fully saturated rings. The number of halogens is 3. The van der Waals surface area contributed by atoms with Crippen molar-refractivity contribution < 1.29 is 26.3 Å². The smallest absolute Gasteiger partial charge is 0.416 e. The Balaban J connectivity index is 1.96. The van der Waals surface area contributed by atoms with Crippen LogP contribution in [0.2, 0.25) is 0 Å². The molecule has 1 N–H and O–H groups in total. The van der Waals surface area contributed by atoms with Crippen molar-refractivity contribution in [1.29, 1.82) is 0 Å². The van der Waals surface area contributed by atoms with Crippen LogP contribution in [0.1, 0.15) is 31.3 Å². The minimum absolute atomic E-state index is 0.0451. The fourth-order valence-corrected chi connectivity index (χ4v) is 4.29. The fraction of sp³-hybridized carbons (Fsp3) is 0.316. The van der Waals surface area contributed by atoms with Gasteiger partial charge in [0.25, 0.3) is 0 Å². The second kappa shape index (κ2) is 7.68. The van der Waals surface area contributed by atoms with E-state index < -0.39 is 27.8 Å². The summed E-state index contributed by atoms with van der Waals surface area (Å²) in [6, 6.07) is 8.39. The van der Waals surface area contributed by atoms with Gasteiger partial charge in [-0.3, -0.25) is 0 Å². The zero-order valence-electron chi connectivity index (χ0n) is 16.0. The van der Waals surface area contributed by atoms with Crippen molar-refractivity contribution in [3.8, 4) is 5.75 Å². The summed E-state index contributed by atoms with van der Waals surface area (Å²) in [5.41, 5.74) is -0.115. The summed E-state index contributed by atoms with van der Waals surface area (Å²) in [6.45, 7) is 3.69. The van der Waals surface area contributed by atoms with Crippen molar-refractivity contribution in [2.75, 3.05) is 7.11 Å². The molecule has 0 aliphatic heterocycles. The van der Waals surface area contributed by atoms with Crippen molar-refractivity contribution in [3.05, 3.63) is 53.9 Å². The Hall–Kier alpha value is -2.59. The monoisotopic (exact) mass is 427 g/mol. The van der Waals surface area contributed by atoms with Gasteiger partial charge < -0.3 is 9.30 Å². The molecule has 0 aliphatic rings. The van der Waals surface area contributed by atoms with Crippen LogP contribution in [0.4, 0.5) is 13.2 Å². The summed E-state index contributed by atoms with van der Waals surface area (Å²) in [6.07, 6.45) is -4.47. The normalized spacial score (nSPS) is 13.6. The molecule has 3 rings (SSSR count). The highest BCUT2D eigenvalue weighted by Gasteiger charge is 2.31. The van der Waals surface area contributed by atoms with E-state index in [-0.39, 0.29) is 4.90 Å². The average molecular weight is 427 g/mol. The molecule has 1 aromatic heterocycles. The Morgan fingerprint density at radius 2 is 1.83 bits per heavy atom. The maximum Gasteiger partial charge on any atom is 0.416 e. The third-order valence-electron chi connectivity index (χ3n) is 4.51. The maximum atomic E-state index is 13.1. The molecule has 10 heteroatoms. The van der Waals surface area contributed by atoms with E-state index in [9.17, 15) is 21.6 Å². The molecule has 1 heterocycles. The summed E-state index contributed by atoms with van der Waals surface area (Å²) in [5.74, 6) is 0.851. The Morgan fingerprint density at radius 3 is 2.38 bits per heavy atom. The van der Waals surface area contributed by atoms with Crippen molar-refractivity contribution in [2.45, 2.75) is 37.5 Å². The number of nitrogens with one attached hydrogen (secondary N) is 1. The zero-order valence-corrected chi connectivity index (χ0v) is 16.8. The molecular formula is C19H20F3N3O3S. The van der Waals surface area contributed by atoms with Gasteiger partial charge in [-0.2, -0.15) is 13.2 Å². The molecule has 29 heavy (non-hydrogen) atoms. The molecular weight excluding hydrogens is 407 g/mol. The summed E-state index contributed by atoms with van der Waals surface area (Å²) in [4.78, 5) is 4.41. The second-order valence-electron chi connectivity index (χ2n) is 6.43. The Labute approximate surface area is 166 Å². The lowest BCUT2D eigenvalue weighted by atomic mass is 10.2. The highest BCUT2D eigenvalue weighted by molar-refractivity contribution is 7.89. The van der Waals surface area contributed by atoms with Crippen molar-refractivity contribution in [1.82, 2.24) is 14.3 Å². The van der Waals surface area contributed by atoms with E-state index in [4.69, 9.17) is 4.74 Å². The van der Waals surface area contributed by atoms with E-state index >= 15 is 0 Å². The molecule has 0 spiro atoms. The van der Waals surface area contributed by atoms with Crippen LogP contribution in [0.5, 0.6) is 5.75 Å². The zero-order chi connectivity index (χ0) is 21.4. The maximum absolute atomic E-state index is 13.1. The highest BCUT2D eigenvalue weighted by atomic mass is 32.2. The largest absolute Gasteiger partial charge is 0.497 e. The first-order valence-corrected chi connectivity index (χ1v) is 10.3. The summed E-state index contributed by atoms with van der Waals surface area (Å²) < 4.78 is 73.6. The third-order valence-corrected chi connectivity index (χ3v) is 6.07. The van der Waals surface area contributed by atoms with Crippen LogP contribution < -0.4 is 9.46 Å². The van der Waals surface area contributed by atoms with Crippen molar-refractivity contribution in [3.63, 3.8) is 0 Å². The van der Waals surface area contributed by atoms with Crippen LogP contribution in [0.3, 0.4) is 0 Å². The number of sulfonamides is 1. The number of rotatable bonds is 6. The molecule has 1 unspecified atom stereocenters. The average Bonchev–Trinajstić information content (AvgIpc) is 3.05. The number of hydrogen-bond donors (Lipinski definition) is 1. The molecule has 0 saturated heterocycles. The van der Waals surface area contributed by atoms with Gasteiger partial charge in [-0.25, -0.2) is 18.1 Å². The van der Waals surface area contributed by atoms with E-state index in [1.807, 2.05) is 0 Å². The standard InChI is InChI=1S/C19H20F3N3O3S/c1-4-25-17-11-13(19(20,21)22)5-10-16(17)23-18(25)12(2)24-29(26,27)15-8-6-14(28-3)7-9-15/h5-12,24H,4H2,1-3H3. The molecule has 2 aromatic carbocycles.